The van der Waals surface area contributed by atoms with Crippen molar-refractivity contribution in [3.63, 3.8) is 0 Å². The summed E-state index contributed by atoms with van der Waals surface area (Å²) in [5, 5.41) is 0. The first-order valence-corrected chi connectivity index (χ1v) is 6.68. The van der Waals surface area contributed by atoms with Gasteiger partial charge in [0.25, 0.3) is 7.82 Å². The summed E-state index contributed by atoms with van der Waals surface area (Å²) in [5.74, 6) is 0. The van der Waals surface area contributed by atoms with Gasteiger partial charge in [0.1, 0.15) is 0 Å². The molecule has 1 unspecified atom stereocenters. The number of rotatable bonds is 4. The van der Waals surface area contributed by atoms with E-state index in [1.165, 1.54) is 0 Å². The molecule has 0 amide bonds. The number of phosphoric acid groups is 3. The summed E-state index contributed by atoms with van der Waals surface area (Å²) < 4.78 is 35.3. The first kappa shape index (κ1) is 21.2. The third-order valence-corrected chi connectivity index (χ3v) is 3.66. The number of hydrogen-bond donors (Lipinski definition) is 2. The smallest absolute Gasteiger partial charge is 0.790 e. The molecule has 0 spiro atoms. The van der Waals surface area contributed by atoms with Crippen molar-refractivity contribution in [2.75, 3.05) is 0 Å². The van der Waals surface area contributed by atoms with E-state index in [0.717, 1.165) is 0 Å². The van der Waals surface area contributed by atoms with Crippen LogP contribution >= 0.6 is 23.5 Å². The van der Waals surface area contributed by atoms with Crippen LogP contribution in [0.2, 0.25) is 0 Å². The second-order valence-electron chi connectivity index (χ2n) is 1.55. The summed E-state index contributed by atoms with van der Waals surface area (Å²) in [4.78, 5) is 45.3. The van der Waals surface area contributed by atoms with E-state index in [1.54, 1.807) is 0 Å². The molecule has 0 fully saturated rings. The van der Waals surface area contributed by atoms with Crippen LogP contribution in [0.5, 0.6) is 0 Å². The largest absolute Gasteiger partial charge is 3.00 e. The van der Waals surface area contributed by atoms with Gasteiger partial charge in [-0.25, -0.2) is 8.88 Å². The maximum Gasteiger partial charge on any atom is 3.00 e. The Kier molecular flexibility index (Phi) is 9.32. The van der Waals surface area contributed by atoms with Crippen molar-refractivity contribution in [3.8, 4) is 0 Å². The maximum absolute atomic E-state index is 10.2. The van der Waals surface area contributed by atoms with Crippen molar-refractivity contribution < 1.29 is 52.3 Å². The Labute approximate surface area is 93.6 Å². The minimum absolute atomic E-state index is 0. The molecule has 0 saturated heterocycles. The molecule has 15 heteroatoms. The van der Waals surface area contributed by atoms with Crippen LogP contribution in [0, 0.1) is 0 Å². The molecule has 0 aliphatic carbocycles. The van der Waals surface area contributed by atoms with E-state index < -0.39 is 23.5 Å². The second kappa shape index (κ2) is 6.59. The van der Waals surface area contributed by atoms with E-state index in [0.29, 0.717) is 0 Å². The SMILES string of the molecule is O.O=P([O-])([O-])OP(=O)([O-])OP(=O)(O)O.[Al+3]. The monoisotopic (exact) mass is 300 g/mol. The fourth-order valence-corrected chi connectivity index (χ4v) is 2.68. The molecule has 0 radical (unpaired) electrons. The molecule has 88 valence electrons. The molecular weight excluding hydrogens is 296 g/mol. The summed E-state index contributed by atoms with van der Waals surface area (Å²) in [6.07, 6.45) is 0. The minimum Gasteiger partial charge on any atom is -0.790 e. The Balaban J connectivity index is -0.000000720. The summed E-state index contributed by atoms with van der Waals surface area (Å²) in [6.45, 7) is 0. The summed E-state index contributed by atoms with van der Waals surface area (Å²) >= 11 is 0. The molecule has 11 nitrogen and oxygen atoms in total. The van der Waals surface area contributed by atoms with Crippen molar-refractivity contribution >= 4 is 40.8 Å². The summed E-state index contributed by atoms with van der Waals surface area (Å²) in [7, 11) is -17.2. The van der Waals surface area contributed by atoms with Gasteiger partial charge in [-0.3, -0.25) is 8.88 Å². The molecule has 0 aliphatic rings. The zero-order chi connectivity index (χ0) is 10.9. The van der Waals surface area contributed by atoms with Crippen LogP contribution in [0.1, 0.15) is 0 Å². The molecule has 1 atom stereocenters. The van der Waals surface area contributed by atoms with E-state index >= 15 is 0 Å². The van der Waals surface area contributed by atoms with Gasteiger partial charge < -0.3 is 34.5 Å². The fraction of sp³-hybridized carbons (Fsp3) is 0. The standard InChI is InChI=1S/Al.H5O10P3.H2O/c;1-11(2,3)9-13(7,8)10-12(4,5)6;/h;(H,7,8)(H2,1,2,3)(H2,4,5,6);1H2/q+3;;/p-3. The second-order valence-corrected chi connectivity index (χ2v) is 5.62. The summed E-state index contributed by atoms with van der Waals surface area (Å²) in [5.41, 5.74) is 0. The molecule has 15 heavy (non-hydrogen) atoms. The molecule has 0 saturated carbocycles. The van der Waals surface area contributed by atoms with Gasteiger partial charge in [-0.15, -0.1) is 0 Å². The fourth-order valence-electron chi connectivity index (χ4n) is 0.268. The van der Waals surface area contributed by atoms with Gasteiger partial charge in [0.05, 0.1) is 7.82 Å². The molecule has 0 heterocycles. The van der Waals surface area contributed by atoms with Crippen molar-refractivity contribution in [2.45, 2.75) is 0 Å². The average Bonchev–Trinajstić information content (AvgIpc) is 1.43. The first-order valence-electron chi connectivity index (χ1n) is 2.23. The van der Waals surface area contributed by atoms with Crippen LogP contribution in [-0.4, -0.2) is 32.6 Å². The Morgan fingerprint density at radius 2 is 1.27 bits per heavy atom. The Morgan fingerprint density at radius 3 is 1.47 bits per heavy atom. The maximum atomic E-state index is 10.2. The van der Waals surface area contributed by atoms with Crippen LogP contribution in [0.3, 0.4) is 0 Å². The van der Waals surface area contributed by atoms with Gasteiger partial charge >= 0.3 is 25.2 Å². The molecule has 0 rings (SSSR count). The third-order valence-electron chi connectivity index (χ3n) is 0.406. The molecule has 0 aromatic carbocycles. The quantitative estimate of drug-likeness (QED) is 0.381. The van der Waals surface area contributed by atoms with Crippen molar-refractivity contribution in [3.05, 3.63) is 0 Å². The van der Waals surface area contributed by atoms with E-state index in [9.17, 15) is 28.4 Å². The number of hydrogen-bond acceptors (Lipinski definition) is 8. The van der Waals surface area contributed by atoms with E-state index in [4.69, 9.17) is 9.79 Å². The Morgan fingerprint density at radius 1 is 0.933 bits per heavy atom. The van der Waals surface area contributed by atoms with Crippen LogP contribution < -0.4 is 14.7 Å². The minimum atomic E-state index is -5.92. The molecule has 0 aromatic rings. The molecular formula is H4AlO11P3. The zero-order valence-corrected chi connectivity index (χ0v) is 10.4. The van der Waals surface area contributed by atoms with Crippen molar-refractivity contribution in [1.29, 1.82) is 0 Å². The van der Waals surface area contributed by atoms with Crippen molar-refractivity contribution in [1.82, 2.24) is 0 Å². The van der Waals surface area contributed by atoms with Gasteiger partial charge in [-0.1, -0.05) is 0 Å². The molecule has 4 N–H and O–H groups in total. The van der Waals surface area contributed by atoms with Gasteiger partial charge in [0, 0.05) is 0 Å². The van der Waals surface area contributed by atoms with Crippen LogP contribution in [0.4, 0.5) is 0 Å². The van der Waals surface area contributed by atoms with E-state index in [2.05, 4.69) is 8.62 Å². The van der Waals surface area contributed by atoms with Crippen LogP contribution in [0.25, 0.3) is 0 Å². The first-order chi connectivity index (χ1) is 5.41. The zero-order valence-electron chi connectivity index (χ0n) is 6.58. The normalized spacial score (nSPS) is 15.8. The molecule has 0 bridgehead atoms. The van der Waals surface area contributed by atoms with Crippen molar-refractivity contribution in [2.24, 2.45) is 0 Å². The average molecular weight is 300 g/mol. The Bertz CT molecular complexity index is 278. The van der Waals surface area contributed by atoms with E-state index in [1.807, 2.05) is 0 Å². The predicted molar refractivity (Wildman–Crippen MR) is 38.8 cm³/mol. The van der Waals surface area contributed by atoms with Gasteiger partial charge in [0.2, 0.25) is 0 Å². The topological polar surface area (TPSA) is 211 Å². The molecule has 0 aromatic heterocycles. The predicted octanol–water partition coefficient (Wildman–Crippen LogP) is -3.80. The molecule has 0 aliphatic heterocycles. The van der Waals surface area contributed by atoms with Gasteiger partial charge in [-0.2, -0.15) is 0 Å². The van der Waals surface area contributed by atoms with Gasteiger partial charge in [0.15, 0.2) is 0 Å². The van der Waals surface area contributed by atoms with Crippen LogP contribution in [0.15, 0.2) is 0 Å². The van der Waals surface area contributed by atoms with E-state index in [-0.39, 0.29) is 22.8 Å². The van der Waals surface area contributed by atoms with Crippen LogP contribution in [-0.2, 0) is 22.3 Å². The Hall–Kier alpha value is 0.902. The summed E-state index contributed by atoms with van der Waals surface area (Å²) in [6, 6.07) is 0. The van der Waals surface area contributed by atoms with Gasteiger partial charge in [-0.05, 0) is 0 Å². The third kappa shape index (κ3) is 14.9.